The van der Waals surface area contributed by atoms with Gasteiger partial charge in [-0.15, -0.1) is 0 Å². The van der Waals surface area contributed by atoms with Gasteiger partial charge in [-0.05, 0) is 62.2 Å². The molecule has 0 radical (unpaired) electrons. The molecule has 33 heavy (non-hydrogen) atoms. The number of amides is 1. The van der Waals surface area contributed by atoms with Gasteiger partial charge < -0.3 is 9.84 Å². The van der Waals surface area contributed by atoms with Crippen LogP contribution in [0.3, 0.4) is 0 Å². The Hall–Kier alpha value is -3.93. The van der Waals surface area contributed by atoms with E-state index in [1.165, 1.54) is 23.1 Å². The van der Waals surface area contributed by atoms with Gasteiger partial charge in [-0.2, -0.15) is 0 Å². The van der Waals surface area contributed by atoms with Gasteiger partial charge in [-0.1, -0.05) is 36.4 Å². The predicted molar refractivity (Wildman–Crippen MR) is 125 cm³/mol. The van der Waals surface area contributed by atoms with E-state index in [0.29, 0.717) is 23.6 Å². The van der Waals surface area contributed by atoms with Gasteiger partial charge in [0.2, 0.25) is 0 Å². The number of rotatable bonds is 5. The van der Waals surface area contributed by atoms with Crippen molar-refractivity contribution in [3.8, 4) is 5.75 Å². The molecule has 1 heterocycles. The molecule has 1 amide bonds. The SMILES string of the molecule is CCOc1cccc(/C(O)=C2\C(=O)C(=O)N(c3ccc(C)c(C)c3)C2c2ccccc2F)c1. The number of aryl methyl sites for hydroxylation is 2. The summed E-state index contributed by atoms with van der Waals surface area (Å²) < 4.78 is 20.5. The van der Waals surface area contributed by atoms with Crippen molar-refractivity contribution in [2.75, 3.05) is 11.5 Å². The minimum atomic E-state index is -1.12. The van der Waals surface area contributed by atoms with Crippen molar-refractivity contribution < 1.29 is 23.8 Å². The molecule has 1 unspecified atom stereocenters. The lowest BCUT2D eigenvalue weighted by Gasteiger charge is -2.26. The summed E-state index contributed by atoms with van der Waals surface area (Å²) in [6, 6.07) is 16.8. The number of carbonyl (C=O) groups excluding carboxylic acids is 2. The fourth-order valence-electron chi connectivity index (χ4n) is 4.02. The maximum Gasteiger partial charge on any atom is 0.300 e. The summed E-state index contributed by atoms with van der Waals surface area (Å²) in [5.74, 6) is -2.15. The number of hydrogen-bond acceptors (Lipinski definition) is 4. The van der Waals surface area contributed by atoms with Crippen LogP contribution in [0, 0.1) is 19.7 Å². The van der Waals surface area contributed by atoms with Gasteiger partial charge in [0, 0.05) is 16.8 Å². The Morgan fingerprint density at radius 3 is 2.45 bits per heavy atom. The molecule has 1 N–H and O–H groups in total. The van der Waals surface area contributed by atoms with Crippen LogP contribution in [0.15, 0.2) is 72.3 Å². The molecule has 0 saturated carbocycles. The first kappa shape index (κ1) is 22.3. The van der Waals surface area contributed by atoms with Crippen LogP contribution in [0.5, 0.6) is 5.75 Å². The Morgan fingerprint density at radius 1 is 1.00 bits per heavy atom. The summed E-state index contributed by atoms with van der Waals surface area (Å²) in [5, 5.41) is 11.2. The molecule has 0 spiro atoms. The maximum atomic E-state index is 15.0. The number of Topliss-reactive ketones (excluding diaryl/α,β-unsaturated/α-hetero) is 1. The van der Waals surface area contributed by atoms with Crippen LogP contribution < -0.4 is 9.64 Å². The number of anilines is 1. The largest absolute Gasteiger partial charge is 0.507 e. The van der Waals surface area contributed by atoms with E-state index in [1.807, 2.05) is 26.8 Å². The highest BCUT2D eigenvalue weighted by molar-refractivity contribution is 6.51. The maximum absolute atomic E-state index is 15.0. The molecule has 0 aliphatic carbocycles. The standard InChI is InChI=1S/C27H24FNO4/c1-4-33-20-9-7-8-18(15-20)25(30)23-24(21-10-5-6-11-22(21)28)29(27(32)26(23)31)19-13-12-16(2)17(3)14-19/h5-15,24,30H,4H2,1-3H3/b25-23+. The molecular formula is C27H24FNO4. The van der Waals surface area contributed by atoms with E-state index in [4.69, 9.17) is 4.74 Å². The number of carbonyl (C=O) groups is 2. The molecule has 1 aliphatic rings. The number of aliphatic hydroxyl groups is 1. The molecular weight excluding hydrogens is 421 g/mol. The molecule has 0 aromatic heterocycles. The fraction of sp³-hybridized carbons (Fsp3) is 0.185. The smallest absolute Gasteiger partial charge is 0.300 e. The molecule has 0 bridgehead atoms. The molecule has 1 fully saturated rings. The average Bonchev–Trinajstić information content (AvgIpc) is 3.06. The second-order valence-electron chi connectivity index (χ2n) is 7.92. The van der Waals surface area contributed by atoms with Gasteiger partial charge >= 0.3 is 0 Å². The lowest BCUT2D eigenvalue weighted by atomic mass is 9.94. The zero-order valence-electron chi connectivity index (χ0n) is 18.6. The molecule has 1 atom stereocenters. The van der Waals surface area contributed by atoms with Crippen LogP contribution in [0.25, 0.3) is 5.76 Å². The van der Waals surface area contributed by atoms with Crippen molar-refractivity contribution in [3.63, 3.8) is 0 Å². The highest BCUT2D eigenvalue weighted by Gasteiger charge is 2.47. The molecule has 3 aromatic rings. The third kappa shape index (κ3) is 4.00. The zero-order valence-corrected chi connectivity index (χ0v) is 18.6. The quantitative estimate of drug-likeness (QED) is 0.321. The van der Waals surface area contributed by atoms with E-state index in [2.05, 4.69) is 0 Å². The number of nitrogens with zero attached hydrogens (tertiary/aromatic N) is 1. The van der Waals surface area contributed by atoms with Crippen molar-refractivity contribution in [3.05, 3.63) is 100 Å². The van der Waals surface area contributed by atoms with Crippen LogP contribution in [0.1, 0.15) is 35.2 Å². The van der Waals surface area contributed by atoms with Gasteiger partial charge in [0.25, 0.3) is 11.7 Å². The Balaban J connectivity index is 1.95. The Morgan fingerprint density at radius 2 is 1.76 bits per heavy atom. The minimum Gasteiger partial charge on any atom is -0.507 e. The van der Waals surface area contributed by atoms with E-state index >= 15 is 0 Å². The van der Waals surface area contributed by atoms with E-state index in [9.17, 15) is 19.1 Å². The van der Waals surface area contributed by atoms with Crippen LogP contribution in [0.4, 0.5) is 10.1 Å². The number of hydrogen-bond donors (Lipinski definition) is 1. The Labute approximate surface area is 191 Å². The normalized spacial score (nSPS) is 17.5. The average molecular weight is 445 g/mol. The first-order chi connectivity index (χ1) is 15.8. The van der Waals surface area contributed by atoms with Crippen molar-refractivity contribution in [2.45, 2.75) is 26.8 Å². The van der Waals surface area contributed by atoms with Crippen LogP contribution in [-0.4, -0.2) is 23.4 Å². The van der Waals surface area contributed by atoms with Crippen LogP contribution in [-0.2, 0) is 9.59 Å². The summed E-state index contributed by atoms with van der Waals surface area (Å²) in [6.07, 6.45) is 0. The first-order valence-electron chi connectivity index (χ1n) is 10.7. The third-order valence-corrected chi connectivity index (χ3v) is 5.83. The van der Waals surface area contributed by atoms with Crippen LogP contribution in [0.2, 0.25) is 0 Å². The van der Waals surface area contributed by atoms with Crippen molar-refractivity contribution >= 4 is 23.1 Å². The second-order valence-corrected chi connectivity index (χ2v) is 7.92. The summed E-state index contributed by atoms with van der Waals surface area (Å²) in [6.45, 7) is 6.09. The summed E-state index contributed by atoms with van der Waals surface area (Å²) in [5.41, 5.74) is 2.65. The minimum absolute atomic E-state index is 0.123. The summed E-state index contributed by atoms with van der Waals surface area (Å²) in [4.78, 5) is 27.7. The second kappa shape index (κ2) is 8.90. The van der Waals surface area contributed by atoms with E-state index in [0.717, 1.165) is 11.1 Å². The van der Waals surface area contributed by atoms with Gasteiger partial charge in [0.05, 0.1) is 18.2 Å². The van der Waals surface area contributed by atoms with Crippen molar-refractivity contribution in [1.82, 2.24) is 0 Å². The number of ketones is 1. The van der Waals surface area contributed by atoms with Gasteiger partial charge in [-0.3, -0.25) is 14.5 Å². The Bertz CT molecular complexity index is 1280. The highest BCUT2D eigenvalue weighted by atomic mass is 19.1. The lowest BCUT2D eigenvalue weighted by Crippen LogP contribution is -2.30. The molecule has 5 nitrogen and oxygen atoms in total. The van der Waals surface area contributed by atoms with Crippen molar-refractivity contribution in [2.24, 2.45) is 0 Å². The zero-order chi connectivity index (χ0) is 23.7. The van der Waals surface area contributed by atoms with E-state index < -0.39 is 23.5 Å². The van der Waals surface area contributed by atoms with Gasteiger partial charge in [0.15, 0.2) is 0 Å². The Kier molecular flexibility index (Phi) is 6.01. The molecule has 3 aromatic carbocycles. The lowest BCUT2D eigenvalue weighted by molar-refractivity contribution is -0.132. The number of ether oxygens (including phenoxy) is 1. The van der Waals surface area contributed by atoms with E-state index in [1.54, 1.807) is 42.5 Å². The molecule has 168 valence electrons. The molecule has 4 rings (SSSR count). The molecule has 1 saturated heterocycles. The number of halogens is 1. The van der Waals surface area contributed by atoms with Crippen LogP contribution >= 0.6 is 0 Å². The van der Waals surface area contributed by atoms with Gasteiger partial charge in [-0.25, -0.2) is 4.39 Å². The van der Waals surface area contributed by atoms with Crippen molar-refractivity contribution in [1.29, 1.82) is 0 Å². The summed E-state index contributed by atoms with van der Waals surface area (Å²) >= 11 is 0. The topological polar surface area (TPSA) is 66.8 Å². The molecule has 6 heteroatoms. The predicted octanol–water partition coefficient (Wildman–Crippen LogP) is 5.47. The fourth-order valence-corrected chi connectivity index (χ4v) is 4.02. The highest BCUT2D eigenvalue weighted by Crippen LogP contribution is 2.43. The molecule has 1 aliphatic heterocycles. The van der Waals surface area contributed by atoms with E-state index in [-0.39, 0.29) is 16.9 Å². The number of benzene rings is 3. The number of aliphatic hydroxyl groups excluding tert-OH is 1. The van der Waals surface area contributed by atoms with Gasteiger partial charge in [0.1, 0.15) is 17.3 Å². The summed E-state index contributed by atoms with van der Waals surface area (Å²) in [7, 11) is 0. The first-order valence-corrected chi connectivity index (χ1v) is 10.7. The monoisotopic (exact) mass is 445 g/mol. The third-order valence-electron chi connectivity index (χ3n) is 5.83.